The molecule has 0 aliphatic carbocycles. The average molecular weight is 344 g/mol. The number of hydrogen-bond acceptors (Lipinski definition) is 1. The third-order valence-corrected chi connectivity index (χ3v) is 3.57. The van der Waals surface area contributed by atoms with Gasteiger partial charge in [0.05, 0.1) is 0 Å². The molecule has 0 fully saturated rings. The van der Waals surface area contributed by atoms with E-state index in [1.165, 1.54) is 32.1 Å². The van der Waals surface area contributed by atoms with Gasteiger partial charge in [-0.25, -0.2) is 0 Å². The Bertz CT molecular complexity index is 347. The molecule has 1 aromatic carbocycles. The molecule has 0 aliphatic heterocycles. The molecule has 0 unspecified atom stereocenters. The summed E-state index contributed by atoms with van der Waals surface area (Å²) < 4.78 is 1.14. The smallest absolute Gasteiger partial charge is 0.162 e. The van der Waals surface area contributed by atoms with Crippen molar-refractivity contribution in [3.8, 4) is 0 Å². The second kappa shape index (κ2) is 8.67. The van der Waals surface area contributed by atoms with Gasteiger partial charge in [0.15, 0.2) is 5.78 Å². The minimum Gasteiger partial charge on any atom is -0.294 e. The Labute approximate surface area is 118 Å². The van der Waals surface area contributed by atoms with Crippen LogP contribution in [0.5, 0.6) is 0 Å². The largest absolute Gasteiger partial charge is 0.294 e. The van der Waals surface area contributed by atoms with Crippen LogP contribution >= 0.6 is 22.6 Å². The van der Waals surface area contributed by atoms with E-state index in [1.54, 1.807) is 0 Å². The molecule has 17 heavy (non-hydrogen) atoms. The Balaban J connectivity index is 2.21. The molecule has 0 amide bonds. The molecule has 0 saturated heterocycles. The molecule has 0 aliphatic rings. The predicted octanol–water partition coefficient (Wildman–Crippen LogP) is 5.22. The topological polar surface area (TPSA) is 17.1 Å². The molecule has 0 aromatic heterocycles. The maximum absolute atomic E-state index is 11.9. The van der Waals surface area contributed by atoms with E-state index >= 15 is 0 Å². The van der Waals surface area contributed by atoms with Crippen molar-refractivity contribution >= 4 is 28.4 Å². The summed E-state index contributed by atoms with van der Waals surface area (Å²) in [7, 11) is 0. The zero-order valence-electron chi connectivity index (χ0n) is 10.5. The quantitative estimate of drug-likeness (QED) is 0.359. The van der Waals surface area contributed by atoms with Crippen LogP contribution in [0, 0.1) is 3.57 Å². The summed E-state index contributed by atoms with van der Waals surface area (Å²) in [5.41, 5.74) is 0.866. The van der Waals surface area contributed by atoms with Gasteiger partial charge in [0.25, 0.3) is 0 Å². The van der Waals surface area contributed by atoms with Gasteiger partial charge in [0.2, 0.25) is 0 Å². The van der Waals surface area contributed by atoms with Gasteiger partial charge >= 0.3 is 0 Å². The molecule has 0 saturated carbocycles. The highest BCUT2D eigenvalue weighted by Gasteiger charge is 2.05. The van der Waals surface area contributed by atoms with E-state index in [4.69, 9.17) is 0 Å². The van der Waals surface area contributed by atoms with Gasteiger partial charge < -0.3 is 0 Å². The second-order valence-electron chi connectivity index (χ2n) is 4.45. The van der Waals surface area contributed by atoms with Gasteiger partial charge in [-0.3, -0.25) is 4.79 Å². The van der Waals surface area contributed by atoms with Crippen LogP contribution in [0.2, 0.25) is 0 Å². The normalized spacial score (nSPS) is 10.5. The third kappa shape index (κ3) is 6.20. The Morgan fingerprint density at radius 3 is 2.53 bits per heavy atom. The monoisotopic (exact) mass is 344 g/mol. The van der Waals surface area contributed by atoms with Crippen molar-refractivity contribution in [1.29, 1.82) is 0 Å². The summed E-state index contributed by atoms with van der Waals surface area (Å²) in [5.74, 6) is 0.291. The average Bonchev–Trinajstić information content (AvgIpc) is 2.33. The summed E-state index contributed by atoms with van der Waals surface area (Å²) in [6, 6.07) is 7.86. The van der Waals surface area contributed by atoms with Crippen molar-refractivity contribution in [2.45, 2.75) is 51.9 Å². The summed E-state index contributed by atoms with van der Waals surface area (Å²) in [4.78, 5) is 11.9. The highest BCUT2D eigenvalue weighted by Crippen LogP contribution is 2.13. The minimum absolute atomic E-state index is 0.291. The first-order chi connectivity index (χ1) is 8.24. The van der Waals surface area contributed by atoms with Crippen LogP contribution in [0.4, 0.5) is 0 Å². The van der Waals surface area contributed by atoms with E-state index < -0.39 is 0 Å². The van der Waals surface area contributed by atoms with Gasteiger partial charge in [-0.05, 0) is 41.1 Å². The minimum atomic E-state index is 0.291. The molecule has 1 aromatic rings. The molecule has 2 heteroatoms. The zero-order chi connectivity index (χ0) is 12.5. The van der Waals surface area contributed by atoms with E-state index in [2.05, 4.69) is 29.5 Å². The first-order valence-electron chi connectivity index (χ1n) is 6.53. The van der Waals surface area contributed by atoms with E-state index in [1.807, 2.05) is 24.3 Å². The van der Waals surface area contributed by atoms with Crippen LogP contribution in [-0.2, 0) is 0 Å². The summed E-state index contributed by atoms with van der Waals surface area (Å²) in [6.07, 6.45) is 8.11. The molecular weight excluding hydrogens is 323 g/mol. The predicted molar refractivity (Wildman–Crippen MR) is 81.5 cm³/mol. The molecule has 0 spiro atoms. The number of ketones is 1. The van der Waals surface area contributed by atoms with E-state index in [-0.39, 0.29) is 0 Å². The van der Waals surface area contributed by atoms with Crippen LogP contribution in [0.25, 0.3) is 0 Å². The number of carbonyl (C=O) groups excluding carboxylic acids is 1. The van der Waals surface area contributed by atoms with Gasteiger partial charge in [-0.1, -0.05) is 51.2 Å². The number of benzene rings is 1. The van der Waals surface area contributed by atoms with Crippen LogP contribution in [-0.4, -0.2) is 5.78 Å². The molecule has 1 rings (SSSR count). The first kappa shape index (κ1) is 14.7. The van der Waals surface area contributed by atoms with Crippen molar-refractivity contribution in [3.63, 3.8) is 0 Å². The van der Waals surface area contributed by atoms with Crippen molar-refractivity contribution in [2.24, 2.45) is 0 Å². The maximum Gasteiger partial charge on any atom is 0.162 e. The second-order valence-corrected chi connectivity index (χ2v) is 5.70. The lowest BCUT2D eigenvalue weighted by atomic mass is 10.0. The highest BCUT2D eigenvalue weighted by molar-refractivity contribution is 14.1. The Morgan fingerprint density at radius 1 is 1.12 bits per heavy atom. The number of Topliss-reactive ketones (excluding diaryl/α,β-unsaturated/α-hetero) is 1. The molecule has 0 atom stereocenters. The SMILES string of the molecule is CCCCCCCCC(=O)c1cccc(I)c1. The maximum atomic E-state index is 11.9. The van der Waals surface area contributed by atoms with E-state index in [0.29, 0.717) is 12.2 Å². The fraction of sp³-hybridized carbons (Fsp3) is 0.533. The molecule has 0 heterocycles. The Hall–Kier alpha value is -0.380. The Morgan fingerprint density at radius 2 is 1.82 bits per heavy atom. The van der Waals surface area contributed by atoms with Gasteiger partial charge in [0, 0.05) is 15.6 Å². The van der Waals surface area contributed by atoms with Crippen molar-refractivity contribution in [1.82, 2.24) is 0 Å². The van der Waals surface area contributed by atoms with E-state index in [9.17, 15) is 4.79 Å². The zero-order valence-corrected chi connectivity index (χ0v) is 12.7. The number of hydrogen-bond donors (Lipinski definition) is 0. The van der Waals surface area contributed by atoms with Crippen LogP contribution < -0.4 is 0 Å². The molecule has 0 N–H and O–H groups in total. The molecule has 94 valence electrons. The molecule has 1 nitrogen and oxygen atoms in total. The number of halogens is 1. The fourth-order valence-corrected chi connectivity index (χ4v) is 2.42. The van der Waals surface area contributed by atoms with Crippen molar-refractivity contribution in [3.05, 3.63) is 33.4 Å². The third-order valence-electron chi connectivity index (χ3n) is 2.90. The van der Waals surface area contributed by atoms with E-state index in [0.717, 1.165) is 15.6 Å². The molecule has 0 radical (unpaired) electrons. The standard InChI is InChI=1S/C15H21IO/c1-2-3-4-5-6-7-11-15(17)13-9-8-10-14(16)12-13/h8-10,12H,2-7,11H2,1H3. The summed E-state index contributed by atoms with van der Waals surface area (Å²) in [6.45, 7) is 2.22. The number of rotatable bonds is 8. The summed E-state index contributed by atoms with van der Waals surface area (Å²) in [5, 5.41) is 0. The lowest BCUT2D eigenvalue weighted by Gasteiger charge is -2.02. The van der Waals surface area contributed by atoms with Crippen LogP contribution in [0.1, 0.15) is 62.2 Å². The number of unbranched alkanes of at least 4 members (excludes halogenated alkanes) is 5. The van der Waals surface area contributed by atoms with Crippen LogP contribution in [0.3, 0.4) is 0 Å². The lowest BCUT2D eigenvalue weighted by molar-refractivity contribution is 0.0979. The fourth-order valence-electron chi connectivity index (χ4n) is 1.87. The van der Waals surface area contributed by atoms with Crippen molar-refractivity contribution in [2.75, 3.05) is 0 Å². The number of carbonyl (C=O) groups is 1. The molecule has 0 bridgehead atoms. The van der Waals surface area contributed by atoms with Crippen molar-refractivity contribution < 1.29 is 4.79 Å². The van der Waals surface area contributed by atoms with Gasteiger partial charge in [-0.2, -0.15) is 0 Å². The van der Waals surface area contributed by atoms with Gasteiger partial charge in [0.1, 0.15) is 0 Å². The highest BCUT2D eigenvalue weighted by atomic mass is 127. The first-order valence-corrected chi connectivity index (χ1v) is 7.60. The molecular formula is C15H21IO. The van der Waals surface area contributed by atoms with Gasteiger partial charge in [-0.15, -0.1) is 0 Å². The Kier molecular flexibility index (Phi) is 7.49. The van der Waals surface area contributed by atoms with Crippen LogP contribution in [0.15, 0.2) is 24.3 Å². The lowest BCUT2D eigenvalue weighted by Crippen LogP contribution is -1.99. The summed E-state index contributed by atoms with van der Waals surface area (Å²) >= 11 is 2.25.